The quantitative estimate of drug-likeness (QED) is 0.853. The van der Waals surface area contributed by atoms with E-state index in [9.17, 15) is 4.79 Å². The van der Waals surface area contributed by atoms with Crippen molar-refractivity contribution in [2.24, 2.45) is 0 Å². The molecule has 2 heterocycles. The second kappa shape index (κ2) is 6.58. The maximum absolute atomic E-state index is 12.2. The third kappa shape index (κ3) is 3.27. The van der Waals surface area contributed by atoms with Crippen LogP contribution < -0.4 is 4.90 Å². The Morgan fingerprint density at radius 2 is 2.14 bits per heavy atom. The van der Waals surface area contributed by atoms with Crippen LogP contribution in [0.5, 0.6) is 0 Å². The average Bonchev–Trinajstić information content (AvgIpc) is 2.68. The summed E-state index contributed by atoms with van der Waals surface area (Å²) in [7, 11) is 0. The average molecular weight is 288 g/mol. The summed E-state index contributed by atoms with van der Waals surface area (Å²) < 4.78 is 5.93. The van der Waals surface area contributed by atoms with E-state index in [4.69, 9.17) is 4.74 Å². The van der Waals surface area contributed by atoms with E-state index >= 15 is 0 Å². The van der Waals surface area contributed by atoms with Gasteiger partial charge in [0.05, 0.1) is 12.7 Å². The first-order chi connectivity index (χ1) is 10.3. The molecular formula is C17H24N2O2. The van der Waals surface area contributed by atoms with Crippen LogP contribution >= 0.6 is 0 Å². The third-order valence-corrected chi connectivity index (χ3v) is 4.47. The number of hydrogen-bond acceptors (Lipinski definition) is 4. The Morgan fingerprint density at radius 1 is 1.29 bits per heavy atom. The largest absolute Gasteiger partial charge is 0.374 e. The summed E-state index contributed by atoms with van der Waals surface area (Å²) in [4.78, 5) is 16.9. The highest BCUT2D eigenvalue weighted by atomic mass is 16.5. The molecule has 2 aliphatic rings. The maximum atomic E-state index is 12.2. The van der Waals surface area contributed by atoms with Crippen molar-refractivity contribution in [3.8, 4) is 0 Å². The number of nitrogens with zero attached hydrogens (tertiary/aromatic N) is 2. The zero-order chi connectivity index (χ0) is 14.7. The second-order valence-corrected chi connectivity index (χ2v) is 5.88. The van der Waals surface area contributed by atoms with Crippen LogP contribution in [0, 0.1) is 0 Å². The number of ether oxygens (including phenoxy) is 1. The van der Waals surface area contributed by atoms with E-state index < -0.39 is 0 Å². The van der Waals surface area contributed by atoms with Gasteiger partial charge in [-0.3, -0.25) is 9.69 Å². The van der Waals surface area contributed by atoms with Crippen LogP contribution in [0.25, 0.3) is 0 Å². The van der Waals surface area contributed by atoms with Gasteiger partial charge in [0.1, 0.15) is 0 Å². The van der Waals surface area contributed by atoms with E-state index in [-0.39, 0.29) is 11.9 Å². The lowest BCUT2D eigenvalue weighted by molar-refractivity contribution is -0.0220. The van der Waals surface area contributed by atoms with E-state index in [1.807, 2.05) is 18.2 Å². The molecule has 21 heavy (non-hydrogen) atoms. The summed E-state index contributed by atoms with van der Waals surface area (Å²) >= 11 is 0. The molecule has 0 aliphatic carbocycles. The van der Waals surface area contributed by atoms with Crippen LogP contribution in [-0.4, -0.2) is 56.1 Å². The Morgan fingerprint density at radius 3 is 3.00 bits per heavy atom. The molecule has 1 fully saturated rings. The Labute approximate surface area is 126 Å². The van der Waals surface area contributed by atoms with Crippen LogP contribution in [0.4, 0.5) is 5.69 Å². The first-order valence-electron chi connectivity index (χ1n) is 7.99. The van der Waals surface area contributed by atoms with Gasteiger partial charge in [-0.15, -0.1) is 0 Å². The molecule has 0 spiro atoms. The highest BCUT2D eigenvalue weighted by molar-refractivity contribution is 6.01. The molecule has 1 unspecified atom stereocenters. The number of carbonyl (C=O) groups is 1. The fourth-order valence-corrected chi connectivity index (χ4v) is 3.28. The minimum Gasteiger partial charge on any atom is -0.374 e. The summed E-state index contributed by atoms with van der Waals surface area (Å²) in [6, 6.07) is 8.00. The Hall–Kier alpha value is -1.39. The number of Topliss-reactive ketones (excluding diaryl/α,β-unsaturated/α-hetero) is 1. The van der Waals surface area contributed by atoms with Crippen LogP contribution in [0.1, 0.15) is 30.1 Å². The summed E-state index contributed by atoms with van der Waals surface area (Å²) in [5.74, 6) is 0.271. The first kappa shape index (κ1) is 14.5. The number of para-hydroxylation sites is 1. The zero-order valence-electron chi connectivity index (χ0n) is 12.8. The van der Waals surface area contributed by atoms with Crippen molar-refractivity contribution in [3.05, 3.63) is 29.8 Å². The molecule has 3 rings (SSSR count). The molecule has 0 radical (unpaired) electrons. The summed E-state index contributed by atoms with van der Waals surface area (Å²) in [6.07, 6.45) is 1.82. The van der Waals surface area contributed by atoms with Crippen LogP contribution in [0.2, 0.25) is 0 Å². The van der Waals surface area contributed by atoms with Gasteiger partial charge < -0.3 is 9.64 Å². The highest BCUT2D eigenvalue weighted by Gasteiger charge is 2.25. The number of morpholine rings is 1. The predicted molar refractivity (Wildman–Crippen MR) is 84.1 cm³/mol. The monoisotopic (exact) mass is 288 g/mol. The number of benzene rings is 1. The summed E-state index contributed by atoms with van der Waals surface area (Å²) in [6.45, 7) is 7.92. The van der Waals surface area contributed by atoms with Crippen molar-refractivity contribution < 1.29 is 9.53 Å². The number of rotatable bonds is 3. The second-order valence-electron chi connectivity index (χ2n) is 5.88. The number of carbonyl (C=O) groups excluding carboxylic acids is 1. The fourth-order valence-electron chi connectivity index (χ4n) is 3.28. The number of ketones is 1. The number of likely N-dealkylation sites (N-methyl/N-ethyl adjacent to an activating group) is 1. The van der Waals surface area contributed by atoms with Gasteiger partial charge in [-0.05, 0) is 25.1 Å². The van der Waals surface area contributed by atoms with Gasteiger partial charge in [0.15, 0.2) is 5.78 Å². The Bertz CT molecular complexity index is 503. The molecule has 1 atom stereocenters. The maximum Gasteiger partial charge on any atom is 0.165 e. The standard InChI is InChI=1S/C17H24N2O2/c1-2-18-10-11-21-14(12-18)13-19-9-5-8-17(20)15-6-3-4-7-16(15)19/h3-4,6-7,14H,2,5,8-13H2,1H3. The van der Waals surface area contributed by atoms with Crippen molar-refractivity contribution in [2.75, 3.05) is 44.2 Å². The number of fused-ring (bicyclic) bond motifs is 1. The van der Waals surface area contributed by atoms with Crippen molar-refractivity contribution in [1.29, 1.82) is 0 Å². The molecule has 0 amide bonds. The highest BCUT2D eigenvalue weighted by Crippen LogP contribution is 2.26. The molecule has 0 aromatic heterocycles. The predicted octanol–water partition coefficient (Wildman–Crippen LogP) is 2.19. The van der Waals surface area contributed by atoms with E-state index in [1.54, 1.807) is 0 Å². The minimum absolute atomic E-state index is 0.236. The topological polar surface area (TPSA) is 32.8 Å². The molecule has 0 N–H and O–H groups in total. The summed E-state index contributed by atoms with van der Waals surface area (Å²) in [5, 5.41) is 0. The zero-order valence-corrected chi connectivity index (χ0v) is 12.8. The lowest BCUT2D eigenvalue weighted by atomic mass is 10.1. The van der Waals surface area contributed by atoms with Gasteiger partial charge >= 0.3 is 0 Å². The normalized spacial score (nSPS) is 23.8. The van der Waals surface area contributed by atoms with E-state index in [1.165, 1.54) is 0 Å². The van der Waals surface area contributed by atoms with Gasteiger partial charge in [-0.2, -0.15) is 0 Å². The van der Waals surface area contributed by atoms with Gasteiger partial charge in [0, 0.05) is 43.9 Å². The van der Waals surface area contributed by atoms with Crippen LogP contribution in [-0.2, 0) is 4.74 Å². The lowest BCUT2D eigenvalue weighted by Crippen LogP contribution is -2.47. The summed E-state index contributed by atoms with van der Waals surface area (Å²) in [5.41, 5.74) is 1.95. The van der Waals surface area contributed by atoms with Crippen molar-refractivity contribution >= 4 is 11.5 Å². The van der Waals surface area contributed by atoms with Crippen molar-refractivity contribution in [2.45, 2.75) is 25.9 Å². The number of anilines is 1. The molecule has 0 saturated carbocycles. The molecule has 4 nitrogen and oxygen atoms in total. The molecule has 1 aromatic rings. The van der Waals surface area contributed by atoms with Gasteiger partial charge in [-0.1, -0.05) is 19.1 Å². The van der Waals surface area contributed by atoms with E-state index in [2.05, 4.69) is 22.8 Å². The SMILES string of the molecule is CCN1CCOC(CN2CCCC(=O)c3ccccc32)C1. The number of hydrogen-bond donors (Lipinski definition) is 0. The molecular weight excluding hydrogens is 264 g/mol. The fraction of sp³-hybridized carbons (Fsp3) is 0.588. The smallest absolute Gasteiger partial charge is 0.165 e. The Kier molecular flexibility index (Phi) is 4.56. The van der Waals surface area contributed by atoms with Gasteiger partial charge in [0.25, 0.3) is 0 Å². The Balaban J connectivity index is 1.75. The van der Waals surface area contributed by atoms with Crippen molar-refractivity contribution in [1.82, 2.24) is 4.90 Å². The molecule has 4 heteroatoms. The lowest BCUT2D eigenvalue weighted by Gasteiger charge is -2.36. The molecule has 114 valence electrons. The van der Waals surface area contributed by atoms with Gasteiger partial charge in [-0.25, -0.2) is 0 Å². The van der Waals surface area contributed by atoms with Crippen molar-refractivity contribution in [3.63, 3.8) is 0 Å². The third-order valence-electron chi connectivity index (χ3n) is 4.47. The minimum atomic E-state index is 0.236. The molecule has 1 saturated heterocycles. The van der Waals surface area contributed by atoms with Gasteiger partial charge in [0.2, 0.25) is 0 Å². The molecule has 1 aromatic carbocycles. The van der Waals surface area contributed by atoms with E-state index in [0.717, 1.165) is 57.0 Å². The first-order valence-corrected chi connectivity index (χ1v) is 7.99. The van der Waals surface area contributed by atoms with Crippen LogP contribution in [0.3, 0.4) is 0 Å². The van der Waals surface area contributed by atoms with Crippen LogP contribution in [0.15, 0.2) is 24.3 Å². The van der Waals surface area contributed by atoms with E-state index in [0.29, 0.717) is 6.42 Å². The molecule has 2 aliphatic heterocycles. The molecule has 0 bridgehead atoms.